The zero-order valence-electron chi connectivity index (χ0n) is 19.0. The summed E-state index contributed by atoms with van der Waals surface area (Å²) in [6.07, 6.45) is 4.90. The molecule has 27 heavy (non-hydrogen) atoms. The van der Waals surface area contributed by atoms with Gasteiger partial charge in [-0.25, -0.2) is 0 Å². The second-order valence-electron chi connectivity index (χ2n) is 10.8. The van der Waals surface area contributed by atoms with Crippen LogP contribution < -0.4 is 4.90 Å². The fourth-order valence-electron chi connectivity index (χ4n) is 4.74. The molecule has 2 heterocycles. The monoisotopic (exact) mass is 388 g/mol. The van der Waals surface area contributed by atoms with E-state index in [0.29, 0.717) is 23.9 Å². The minimum atomic E-state index is -1.74. The Morgan fingerprint density at radius 3 is 2.26 bits per heavy atom. The zero-order chi connectivity index (χ0) is 20.1. The zero-order valence-corrected chi connectivity index (χ0v) is 20.0. The lowest BCUT2D eigenvalue weighted by Crippen LogP contribution is -2.54. The van der Waals surface area contributed by atoms with E-state index in [-0.39, 0.29) is 5.04 Å². The quantitative estimate of drug-likeness (QED) is 0.601. The molecule has 0 bridgehead atoms. The van der Waals surface area contributed by atoms with Crippen LogP contribution >= 0.6 is 0 Å². The Morgan fingerprint density at radius 1 is 1.11 bits per heavy atom. The average Bonchev–Trinajstić information content (AvgIpc) is 2.90. The first kappa shape index (κ1) is 20.9. The lowest BCUT2D eigenvalue weighted by atomic mass is 9.87. The minimum Gasteiger partial charge on any atom is -0.413 e. The molecule has 2 aliphatic rings. The summed E-state index contributed by atoms with van der Waals surface area (Å²) in [6, 6.07) is 0. The summed E-state index contributed by atoms with van der Waals surface area (Å²) in [5, 5.41) is 0.266. The first-order valence-electron chi connectivity index (χ1n) is 10.8. The van der Waals surface area contributed by atoms with Crippen molar-refractivity contribution in [3.63, 3.8) is 0 Å². The van der Waals surface area contributed by atoms with Crippen molar-refractivity contribution in [2.75, 3.05) is 18.0 Å². The summed E-state index contributed by atoms with van der Waals surface area (Å²) in [7, 11) is -1.74. The largest absolute Gasteiger partial charge is 0.413 e. The standard InChI is InChI=1S/C23H40N2OSi/c1-15-10-11-19-20(15)24-12-16(2)21(19)25-13-17(3)22(18(4)14-25)26-27(8,9)23(5,6)7/h12,15,17-18,22H,10-11,13-14H2,1-9H3/t15-,17-,18+,22+/m1/s1. The molecule has 0 aromatic carbocycles. The van der Waals surface area contributed by atoms with E-state index in [2.05, 4.69) is 72.7 Å². The normalized spacial score (nSPS) is 29.1. The lowest BCUT2D eigenvalue weighted by Gasteiger charge is -2.48. The van der Waals surface area contributed by atoms with E-state index in [1.54, 1.807) is 0 Å². The first-order valence-corrected chi connectivity index (χ1v) is 13.7. The SMILES string of the molecule is Cc1cnc2c(c1N1C[C@@H](C)[C@H](O[Si](C)(C)C(C)(C)C)[C@@H](C)C1)CC[C@H]2C. The molecule has 0 spiro atoms. The maximum absolute atomic E-state index is 6.89. The van der Waals surface area contributed by atoms with Crippen LogP contribution in [-0.2, 0) is 10.8 Å². The molecule has 1 saturated heterocycles. The van der Waals surface area contributed by atoms with Crippen molar-refractivity contribution in [2.45, 2.75) is 91.5 Å². The summed E-state index contributed by atoms with van der Waals surface area (Å²) in [5.74, 6) is 1.70. The van der Waals surface area contributed by atoms with Crippen LogP contribution in [0, 0.1) is 18.8 Å². The Labute approximate surface area is 168 Å². The van der Waals surface area contributed by atoms with Gasteiger partial charge in [0.15, 0.2) is 8.32 Å². The maximum atomic E-state index is 6.89. The maximum Gasteiger partial charge on any atom is 0.192 e. The van der Waals surface area contributed by atoms with Crippen LogP contribution in [0.3, 0.4) is 0 Å². The van der Waals surface area contributed by atoms with Crippen LogP contribution in [0.2, 0.25) is 18.1 Å². The van der Waals surface area contributed by atoms with Crippen molar-refractivity contribution in [2.24, 2.45) is 11.8 Å². The van der Waals surface area contributed by atoms with Crippen molar-refractivity contribution in [3.8, 4) is 0 Å². The number of hydrogen-bond acceptors (Lipinski definition) is 3. The van der Waals surface area contributed by atoms with E-state index in [1.165, 1.54) is 35.3 Å². The number of hydrogen-bond donors (Lipinski definition) is 0. The van der Waals surface area contributed by atoms with Gasteiger partial charge >= 0.3 is 0 Å². The van der Waals surface area contributed by atoms with E-state index < -0.39 is 8.32 Å². The molecule has 4 heteroatoms. The smallest absolute Gasteiger partial charge is 0.192 e. The second kappa shape index (κ2) is 7.18. The summed E-state index contributed by atoms with van der Waals surface area (Å²) < 4.78 is 6.89. The van der Waals surface area contributed by atoms with Crippen molar-refractivity contribution in [1.82, 2.24) is 4.98 Å². The number of pyridine rings is 1. The summed E-state index contributed by atoms with van der Waals surface area (Å²) >= 11 is 0. The van der Waals surface area contributed by atoms with Gasteiger partial charge in [-0.2, -0.15) is 0 Å². The molecule has 1 aliphatic heterocycles. The molecule has 1 aliphatic carbocycles. The number of anilines is 1. The molecule has 0 saturated carbocycles. The van der Waals surface area contributed by atoms with Gasteiger partial charge < -0.3 is 9.33 Å². The molecule has 0 N–H and O–H groups in total. The summed E-state index contributed by atoms with van der Waals surface area (Å²) in [6.45, 7) is 23.3. The predicted octanol–water partition coefficient (Wildman–Crippen LogP) is 5.92. The highest BCUT2D eigenvalue weighted by Gasteiger charge is 2.43. The molecular formula is C23H40N2OSi. The van der Waals surface area contributed by atoms with Gasteiger partial charge in [0.2, 0.25) is 0 Å². The molecule has 0 unspecified atom stereocenters. The highest BCUT2D eigenvalue weighted by Crippen LogP contribution is 2.43. The van der Waals surface area contributed by atoms with Crippen molar-refractivity contribution >= 4 is 14.0 Å². The lowest BCUT2D eigenvalue weighted by molar-refractivity contribution is 0.0627. The van der Waals surface area contributed by atoms with E-state index in [0.717, 1.165) is 13.1 Å². The average molecular weight is 389 g/mol. The molecule has 0 amide bonds. The molecule has 4 atom stereocenters. The molecule has 3 rings (SSSR count). The van der Waals surface area contributed by atoms with Gasteiger partial charge in [0.25, 0.3) is 0 Å². The van der Waals surface area contributed by atoms with Gasteiger partial charge in [0.05, 0.1) is 6.10 Å². The van der Waals surface area contributed by atoms with Crippen LogP contribution in [-0.4, -0.2) is 32.5 Å². The minimum absolute atomic E-state index is 0.266. The van der Waals surface area contributed by atoms with Crippen LogP contribution in [0.4, 0.5) is 5.69 Å². The predicted molar refractivity (Wildman–Crippen MR) is 118 cm³/mol. The Kier molecular flexibility index (Phi) is 5.55. The molecule has 1 aromatic heterocycles. The highest BCUT2D eigenvalue weighted by molar-refractivity contribution is 6.74. The fourth-order valence-corrected chi connectivity index (χ4v) is 6.24. The third kappa shape index (κ3) is 3.84. The van der Waals surface area contributed by atoms with Gasteiger partial charge in [0, 0.05) is 30.7 Å². The van der Waals surface area contributed by atoms with E-state index in [1.807, 2.05) is 0 Å². The number of fused-ring (bicyclic) bond motifs is 1. The second-order valence-corrected chi connectivity index (χ2v) is 15.6. The van der Waals surface area contributed by atoms with E-state index in [9.17, 15) is 0 Å². The molecule has 1 aromatic rings. The summed E-state index contributed by atoms with van der Waals surface area (Å²) in [5.41, 5.74) is 5.68. The first-order chi connectivity index (χ1) is 12.4. The van der Waals surface area contributed by atoms with Crippen molar-refractivity contribution < 1.29 is 4.43 Å². The topological polar surface area (TPSA) is 25.4 Å². The molecular weight excluding hydrogens is 348 g/mol. The van der Waals surface area contributed by atoms with E-state index >= 15 is 0 Å². The Hall–Kier alpha value is -0.873. The number of rotatable bonds is 3. The van der Waals surface area contributed by atoms with Gasteiger partial charge in [-0.15, -0.1) is 0 Å². The molecule has 1 fully saturated rings. The molecule has 0 radical (unpaired) electrons. The number of aryl methyl sites for hydroxylation is 1. The Bertz CT molecular complexity index is 682. The number of piperidine rings is 1. The van der Waals surface area contributed by atoms with Crippen LogP contribution in [0.5, 0.6) is 0 Å². The van der Waals surface area contributed by atoms with Gasteiger partial charge in [-0.1, -0.05) is 41.5 Å². The van der Waals surface area contributed by atoms with Crippen molar-refractivity contribution in [3.05, 3.63) is 23.0 Å². The third-order valence-corrected chi connectivity index (χ3v) is 11.8. The van der Waals surface area contributed by atoms with Crippen LogP contribution in [0.15, 0.2) is 6.20 Å². The highest BCUT2D eigenvalue weighted by atomic mass is 28.4. The van der Waals surface area contributed by atoms with Crippen LogP contribution in [0.1, 0.15) is 70.7 Å². The van der Waals surface area contributed by atoms with Crippen molar-refractivity contribution in [1.29, 1.82) is 0 Å². The Morgan fingerprint density at radius 2 is 1.70 bits per heavy atom. The van der Waals surface area contributed by atoms with Gasteiger partial charge in [-0.3, -0.25) is 4.98 Å². The fraction of sp³-hybridized carbons (Fsp3) is 0.783. The number of aromatic nitrogens is 1. The Balaban J connectivity index is 1.83. The van der Waals surface area contributed by atoms with Gasteiger partial charge in [0.1, 0.15) is 0 Å². The molecule has 3 nitrogen and oxygen atoms in total. The van der Waals surface area contributed by atoms with Crippen LogP contribution in [0.25, 0.3) is 0 Å². The van der Waals surface area contributed by atoms with E-state index in [4.69, 9.17) is 9.41 Å². The number of nitrogens with zero attached hydrogens (tertiary/aromatic N) is 2. The summed E-state index contributed by atoms with van der Waals surface area (Å²) in [4.78, 5) is 7.43. The third-order valence-electron chi connectivity index (χ3n) is 7.35. The van der Waals surface area contributed by atoms with Gasteiger partial charge in [-0.05, 0) is 66.8 Å². The molecule has 152 valence electrons.